The summed E-state index contributed by atoms with van der Waals surface area (Å²) in [7, 11) is 0. The maximum Gasteiger partial charge on any atom is 0.00946 e. The summed E-state index contributed by atoms with van der Waals surface area (Å²) in [6, 6.07) is 0. The zero-order valence-corrected chi connectivity index (χ0v) is 10.1. The van der Waals surface area contributed by atoms with Crippen LogP contribution in [0.1, 0.15) is 46.0 Å². The minimum absolute atomic E-state index is 0.397. The van der Waals surface area contributed by atoms with Crippen LogP contribution in [-0.4, -0.2) is 12.3 Å². The number of nitrogens with one attached hydrogen (secondary N) is 1. The number of hydrogen-bond donors (Lipinski definition) is 2. The molecule has 0 radical (unpaired) electrons. The first-order valence-electron chi connectivity index (χ1n) is 6.33. The van der Waals surface area contributed by atoms with E-state index in [4.69, 9.17) is 11.1 Å². The van der Waals surface area contributed by atoms with E-state index in [1.807, 2.05) is 6.92 Å². The van der Waals surface area contributed by atoms with E-state index in [1.54, 1.807) is 0 Å². The van der Waals surface area contributed by atoms with E-state index in [9.17, 15) is 0 Å². The summed E-state index contributed by atoms with van der Waals surface area (Å²) in [5.41, 5.74) is 7.11. The molecule has 2 aliphatic rings. The Balaban J connectivity index is 2.15. The van der Waals surface area contributed by atoms with Gasteiger partial charge in [-0.15, -0.1) is 0 Å². The Kier molecular flexibility index (Phi) is 2.89. The van der Waals surface area contributed by atoms with Crippen molar-refractivity contribution in [2.24, 2.45) is 28.9 Å². The Hall–Kier alpha value is -0.370. The number of nitrogens with two attached hydrogens (primary N) is 1. The molecular formula is C13H24N2. The van der Waals surface area contributed by atoms with Gasteiger partial charge in [-0.1, -0.05) is 6.92 Å². The first kappa shape index (κ1) is 11.1. The van der Waals surface area contributed by atoms with E-state index in [-0.39, 0.29) is 0 Å². The summed E-state index contributed by atoms with van der Waals surface area (Å²) in [6.45, 7) is 5.25. The molecule has 0 aromatic heterocycles. The molecule has 86 valence electrons. The second kappa shape index (κ2) is 3.89. The molecule has 0 bridgehead atoms. The predicted molar refractivity (Wildman–Crippen MR) is 64.1 cm³/mol. The maximum atomic E-state index is 7.96. The molecule has 0 heterocycles. The van der Waals surface area contributed by atoms with E-state index in [1.165, 1.54) is 32.1 Å². The van der Waals surface area contributed by atoms with Gasteiger partial charge in [0.15, 0.2) is 0 Å². The lowest BCUT2D eigenvalue weighted by Gasteiger charge is -2.45. The van der Waals surface area contributed by atoms with Crippen LogP contribution in [0.2, 0.25) is 0 Å². The molecule has 0 amide bonds. The van der Waals surface area contributed by atoms with Crippen molar-refractivity contribution in [3.63, 3.8) is 0 Å². The highest BCUT2D eigenvalue weighted by Crippen LogP contribution is 2.57. The maximum absolute atomic E-state index is 7.96. The van der Waals surface area contributed by atoms with Gasteiger partial charge in [0.1, 0.15) is 0 Å². The van der Waals surface area contributed by atoms with E-state index >= 15 is 0 Å². The van der Waals surface area contributed by atoms with Crippen molar-refractivity contribution >= 4 is 5.71 Å². The molecule has 2 aliphatic carbocycles. The van der Waals surface area contributed by atoms with Crippen molar-refractivity contribution in [3.05, 3.63) is 0 Å². The first-order chi connectivity index (χ1) is 7.08. The Morgan fingerprint density at radius 2 is 2.00 bits per heavy atom. The molecule has 2 nitrogen and oxygen atoms in total. The summed E-state index contributed by atoms with van der Waals surface area (Å²) >= 11 is 0. The standard InChI is InChI=1S/C13H24N2/c1-9(15)12-6-3-10(8-14)7-13(12,2)11-4-5-11/h10-12,15H,3-8,14H2,1-2H3. The first-order valence-corrected chi connectivity index (χ1v) is 6.33. The highest BCUT2D eigenvalue weighted by Gasteiger charge is 2.50. The third-order valence-electron chi connectivity index (χ3n) is 4.75. The second-order valence-corrected chi connectivity index (χ2v) is 5.90. The van der Waals surface area contributed by atoms with Crippen molar-refractivity contribution in [2.75, 3.05) is 6.54 Å². The number of hydrogen-bond acceptors (Lipinski definition) is 2. The van der Waals surface area contributed by atoms with Crippen molar-refractivity contribution in [3.8, 4) is 0 Å². The topological polar surface area (TPSA) is 49.9 Å². The van der Waals surface area contributed by atoms with Gasteiger partial charge in [-0.05, 0) is 62.8 Å². The Labute approximate surface area is 93.1 Å². The van der Waals surface area contributed by atoms with Gasteiger partial charge in [0.05, 0.1) is 0 Å². The van der Waals surface area contributed by atoms with Gasteiger partial charge in [0.25, 0.3) is 0 Å². The lowest BCUT2D eigenvalue weighted by molar-refractivity contribution is 0.0944. The number of rotatable bonds is 3. The smallest absolute Gasteiger partial charge is 0.00946 e. The Bertz CT molecular complexity index is 257. The second-order valence-electron chi connectivity index (χ2n) is 5.90. The molecule has 3 unspecified atom stereocenters. The molecule has 0 spiro atoms. The van der Waals surface area contributed by atoms with E-state index in [2.05, 4.69) is 6.92 Å². The van der Waals surface area contributed by atoms with E-state index in [0.29, 0.717) is 17.3 Å². The molecule has 0 aromatic rings. The largest absolute Gasteiger partial charge is 0.330 e. The molecule has 3 atom stereocenters. The lowest BCUT2D eigenvalue weighted by Crippen LogP contribution is -2.41. The van der Waals surface area contributed by atoms with Crippen LogP contribution in [0.3, 0.4) is 0 Å². The fourth-order valence-electron chi connectivity index (χ4n) is 3.70. The molecular weight excluding hydrogens is 184 g/mol. The van der Waals surface area contributed by atoms with E-state index in [0.717, 1.165) is 18.2 Å². The van der Waals surface area contributed by atoms with Crippen LogP contribution in [0, 0.1) is 28.6 Å². The summed E-state index contributed by atoms with van der Waals surface area (Å²) in [5.74, 6) is 2.14. The van der Waals surface area contributed by atoms with Crippen LogP contribution in [-0.2, 0) is 0 Å². The monoisotopic (exact) mass is 208 g/mol. The molecule has 2 heteroatoms. The van der Waals surface area contributed by atoms with Crippen molar-refractivity contribution in [1.29, 1.82) is 5.41 Å². The fraction of sp³-hybridized carbons (Fsp3) is 0.923. The summed E-state index contributed by atoms with van der Waals surface area (Å²) in [4.78, 5) is 0. The average molecular weight is 208 g/mol. The fourth-order valence-corrected chi connectivity index (χ4v) is 3.70. The zero-order valence-electron chi connectivity index (χ0n) is 10.1. The van der Waals surface area contributed by atoms with Gasteiger partial charge >= 0.3 is 0 Å². The summed E-state index contributed by atoms with van der Waals surface area (Å²) < 4.78 is 0. The predicted octanol–water partition coefficient (Wildman–Crippen LogP) is 2.82. The van der Waals surface area contributed by atoms with Crippen LogP contribution < -0.4 is 5.73 Å². The lowest BCUT2D eigenvalue weighted by atomic mass is 9.60. The summed E-state index contributed by atoms with van der Waals surface area (Å²) in [6.07, 6.45) is 6.47. The van der Waals surface area contributed by atoms with Gasteiger partial charge in [-0.25, -0.2) is 0 Å². The van der Waals surface area contributed by atoms with Gasteiger partial charge in [-0.2, -0.15) is 0 Å². The molecule has 15 heavy (non-hydrogen) atoms. The molecule has 0 aliphatic heterocycles. The minimum atomic E-state index is 0.397. The van der Waals surface area contributed by atoms with Crippen LogP contribution in [0.15, 0.2) is 0 Å². The highest BCUT2D eigenvalue weighted by molar-refractivity contribution is 5.82. The highest BCUT2D eigenvalue weighted by atomic mass is 14.6. The van der Waals surface area contributed by atoms with E-state index < -0.39 is 0 Å². The molecule has 2 fully saturated rings. The quantitative estimate of drug-likeness (QED) is 0.688. The summed E-state index contributed by atoms with van der Waals surface area (Å²) in [5, 5.41) is 7.96. The average Bonchev–Trinajstić information content (AvgIpc) is 3.00. The Morgan fingerprint density at radius 3 is 2.47 bits per heavy atom. The van der Waals surface area contributed by atoms with Crippen LogP contribution >= 0.6 is 0 Å². The van der Waals surface area contributed by atoms with Gasteiger partial charge in [0, 0.05) is 11.6 Å². The van der Waals surface area contributed by atoms with Crippen LogP contribution in [0.5, 0.6) is 0 Å². The third kappa shape index (κ3) is 1.96. The van der Waals surface area contributed by atoms with Crippen molar-refractivity contribution < 1.29 is 0 Å². The van der Waals surface area contributed by atoms with Crippen LogP contribution in [0.4, 0.5) is 0 Å². The van der Waals surface area contributed by atoms with Crippen molar-refractivity contribution in [2.45, 2.75) is 46.0 Å². The van der Waals surface area contributed by atoms with Gasteiger partial charge in [-0.3, -0.25) is 0 Å². The molecule has 2 saturated carbocycles. The molecule has 3 N–H and O–H groups in total. The minimum Gasteiger partial charge on any atom is -0.330 e. The van der Waals surface area contributed by atoms with Crippen LogP contribution in [0.25, 0.3) is 0 Å². The SMILES string of the molecule is CC(=N)C1CCC(CN)CC1(C)C1CC1. The van der Waals surface area contributed by atoms with Gasteiger partial charge < -0.3 is 11.1 Å². The zero-order chi connectivity index (χ0) is 11.1. The Morgan fingerprint density at radius 1 is 1.33 bits per heavy atom. The normalized spacial score (nSPS) is 41.5. The molecule has 0 aromatic carbocycles. The molecule has 0 saturated heterocycles. The molecule has 2 rings (SSSR count). The van der Waals surface area contributed by atoms with Crippen molar-refractivity contribution in [1.82, 2.24) is 0 Å². The third-order valence-corrected chi connectivity index (χ3v) is 4.75. The van der Waals surface area contributed by atoms with Gasteiger partial charge in [0.2, 0.25) is 0 Å².